The summed E-state index contributed by atoms with van der Waals surface area (Å²) in [5.74, 6) is -2.86. The highest BCUT2D eigenvalue weighted by Crippen LogP contribution is 2.43. The lowest BCUT2D eigenvalue weighted by Crippen LogP contribution is -2.34. The molecule has 3 rings (SSSR count). The van der Waals surface area contributed by atoms with Crippen molar-refractivity contribution in [3.63, 3.8) is 0 Å². The first-order valence-corrected chi connectivity index (χ1v) is 10.1. The first-order chi connectivity index (χ1) is 13.3. The lowest BCUT2D eigenvalue weighted by Gasteiger charge is -2.23. The van der Waals surface area contributed by atoms with E-state index in [2.05, 4.69) is 11.4 Å². The molecule has 0 spiro atoms. The van der Waals surface area contributed by atoms with E-state index in [1.165, 1.54) is 11.3 Å². The molecule has 8 heteroatoms. The molecule has 1 heterocycles. The number of anilines is 1. The summed E-state index contributed by atoms with van der Waals surface area (Å²) in [5, 5.41) is 23.2. The summed E-state index contributed by atoms with van der Waals surface area (Å²) in [6.07, 6.45) is 4.26. The van der Waals surface area contributed by atoms with E-state index < -0.39 is 23.7 Å². The second kappa shape index (κ2) is 8.36. The van der Waals surface area contributed by atoms with Crippen molar-refractivity contribution in [1.29, 1.82) is 5.26 Å². The highest BCUT2D eigenvalue weighted by molar-refractivity contribution is 7.17. The Morgan fingerprint density at radius 2 is 1.93 bits per heavy atom. The molecule has 1 amide bonds. The van der Waals surface area contributed by atoms with Crippen LogP contribution in [0.5, 0.6) is 0 Å². The highest BCUT2D eigenvalue weighted by atomic mass is 35.5. The monoisotopic (exact) mass is 434 g/mol. The van der Waals surface area contributed by atoms with Gasteiger partial charge in [0.25, 0.3) is 0 Å². The molecule has 1 aromatic carbocycles. The number of benzene rings is 1. The molecule has 0 saturated carbocycles. The van der Waals surface area contributed by atoms with Gasteiger partial charge in [0, 0.05) is 26.0 Å². The number of aliphatic carboxylic acids is 1. The predicted octanol–water partition coefficient (Wildman–Crippen LogP) is 5.51. The van der Waals surface area contributed by atoms with Gasteiger partial charge in [0.2, 0.25) is 5.91 Å². The first-order valence-electron chi connectivity index (χ1n) is 8.51. The van der Waals surface area contributed by atoms with Gasteiger partial charge in [-0.3, -0.25) is 9.59 Å². The fraction of sp³-hybridized carbons (Fsp3) is 0.250. The molecule has 0 fully saturated rings. The Morgan fingerprint density at radius 3 is 2.54 bits per heavy atom. The molecule has 1 aliphatic rings. The van der Waals surface area contributed by atoms with Gasteiger partial charge in [-0.1, -0.05) is 41.4 Å². The number of nitrogens with one attached hydrogen (secondary N) is 1. The SMILES string of the molecule is Cc1sc(NC(=O)C2CC=CCC2C(=O)O)c(C#N)c1-c1ccc(Cl)cc1Cl. The second-order valence-corrected chi connectivity index (χ2v) is 8.53. The molecule has 0 aliphatic heterocycles. The number of carboxylic acids is 1. The van der Waals surface area contributed by atoms with Crippen molar-refractivity contribution in [3.8, 4) is 17.2 Å². The Morgan fingerprint density at radius 1 is 1.25 bits per heavy atom. The summed E-state index contributed by atoms with van der Waals surface area (Å²) in [4.78, 5) is 25.0. The number of nitrogens with zero attached hydrogens (tertiary/aromatic N) is 1. The number of nitriles is 1. The standard InChI is InChI=1S/C20H16Cl2N2O3S/c1-10-17(14-7-6-11(21)8-16(14)22)15(9-23)19(28-10)24-18(25)12-4-2-3-5-13(12)20(26)27/h2-3,6-8,12-13H,4-5H2,1H3,(H,24,25)(H,26,27). The Labute approximate surface area is 176 Å². The minimum Gasteiger partial charge on any atom is -0.481 e. The van der Waals surface area contributed by atoms with E-state index in [-0.39, 0.29) is 0 Å². The van der Waals surface area contributed by atoms with Crippen molar-refractivity contribution in [2.75, 3.05) is 5.32 Å². The molecule has 2 atom stereocenters. The minimum atomic E-state index is -0.999. The third-order valence-electron chi connectivity index (χ3n) is 4.72. The Hall–Kier alpha value is -2.33. The normalized spacial score (nSPS) is 18.5. The van der Waals surface area contributed by atoms with Crippen molar-refractivity contribution >= 4 is 51.4 Å². The van der Waals surface area contributed by atoms with E-state index in [0.717, 1.165) is 4.88 Å². The zero-order valence-corrected chi connectivity index (χ0v) is 17.2. The summed E-state index contributed by atoms with van der Waals surface area (Å²) in [6, 6.07) is 7.16. The number of aryl methyl sites for hydroxylation is 1. The van der Waals surface area contributed by atoms with Gasteiger partial charge in [-0.15, -0.1) is 11.3 Å². The van der Waals surface area contributed by atoms with Crippen LogP contribution in [-0.4, -0.2) is 17.0 Å². The van der Waals surface area contributed by atoms with Crippen molar-refractivity contribution in [2.45, 2.75) is 19.8 Å². The second-order valence-electron chi connectivity index (χ2n) is 6.46. The van der Waals surface area contributed by atoms with E-state index in [9.17, 15) is 20.0 Å². The van der Waals surface area contributed by atoms with E-state index in [1.807, 2.05) is 13.0 Å². The van der Waals surface area contributed by atoms with Crippen molar-refractivity contribution in [1.82, 2.24) is 0 Å². The van der Waals surface area contributed by atoms with Crippen LogP contribution >= 0.6 is 34.5 Å². The summed E-state index contributed by atoms with van der Waals surface area (Å²) in [7, 11) is 0. The smallest absolute Gasteiger partial charge is 0.307 e. The minimum absolute atomic E-state index is 0.304. The van der Waals surface area contributed by atoms with Gasteiger partial charge in [-0.05, 0) is 31.9 Å². The maximum absolute atomic E-state index is 12.8. The molecule has 0 saturated heterocycles. The third-order valence-corrected chi connectivity index (χ3v) is 6.29. The molecule has 0 radical (unpaired) electrons. The highest BCUT2D eigenvalue weighted by Gasteiger charge is 2.34. The quantitative estimate of drug-likeness (QED) is 0.620. The number of hydrogen-bond acceptors (Lipinski definition) is 4. The molecular weight excluding hydrogens is 419 g/mol. The average molecular weight is 435 g/mol. The number of allylic oxidation sites excluding steroid dienone is 2. The number of thiophene rings is 1. The van der Waals surface area contributed by atoms with Crippen LogP contribution in [0.4, 0.5) is 5.00 Å². The lowest BCUT2D eigenvalue weighted by atomic mass is 9.82. The van der Waals surface area contributed by atoms with Gasteiger partial charge >= 0.3 is 5.97 Å². The molecule has 5 nitrogen and oxygen atoms in total. The lowest BCUT2D eigenvalue weighted by molar-refractivity contribution is -0.146. The zero-order chi connectivity index (χ0) is 20.4. The topological polar surface area (TPSA) is 90.2 Å². The van der Waals surface area contributed by atoms with Gasteiger partial charge in [0.1, 0.15) is 11.1 Å². The zero-order valence-electron chi connectivity index (χ0n) is 14.8. The number of hydrogen-bond donors (Lipinski definition) is 2. The van der Waals surface area contributed by atoms with Crippen LogP contribution in [0.3, 0.4) is 0 Å². The van der Waals surface area contributed by atoms with Crippen LogP contribution in [0.25, 0.3) is 11.1 Å². The summed E-state index contributed by atoms with van der Waals surface area (Å²) in [6.45, 7) is 1.84. The van der Waals surface area contributed by atoms with Crippen LogP contribution in [0, 0.1) is 30.1 Å². The number of carbonyl (C=O) groups excluding carboxylic acids is 1. The predicted molar refractivity (Wildman–Crippen MR) is 111 cm³/mol. The largest absolute Gasteiger partial charge is 0.481 e. The molecule has 144 valence electrons. The fourth-order valence-electron chi connectivity index (χ4n) is 3.34. The summed E-state index contributed by atoms with van der Waals surface area (Å²) < 4.78 is 0. The van der Waals surface area contributed by atoms with Gasteiger partial charge < -0.3 is 10.4 Å². The molecule has 2 aromatic rings. The van der Waals surface area contributed by atoms with Crippen LogP contribution in [0.1, 0.15) is 23.3 Å². The summed E-state index contributed by atoms with van der Waals surface area (Å²) >= 11 is 13.5. The first kappa shape index (κ1) is 20.4. The van der Waals surface area contributed by atoms with Gasteiger partial charge in [0.15, 0.2) is 0 Å². The Kier molecular flexibility index (Phi) is 6.09. The average Bonchev–Trinajstić information content (AvgIpc) is 2.96. The van der Waals surface area contributed by atoms with Crippen LogP contribution < -0.4 is 5.32 Å². The van der Waals surface area contributed by atoms with Gasteiger partial charge in [-0.2, -0.15) is 5.26 Å². The van der Waals surface area contributed by atoms with Crippen LogP contribution in [0.15, 0.2) is 30.4 Å². The van der Waals surface area contributed by atoms with Crippen LogP contribution in [0.2, 0.25) is 10.0 Å². The Bertz CT molecular complexity index is 1020. The molecule has 1 aromatic heterocycles. The van der Waals surface area contributed by atoms with E-state index in [4.69, 9.17) is 23.2 Å². The van der Waals surface area contributed by atoms with Gasteiger partial charge in [0.05, 0.1) is 17.4 Å². The van der Waals surface area contributed by atoms with Crippen LogP contribution in [-0.2, 0) is 9.59 Å². The number of rotatable bonds is 4. The maximum atomic E-state index is 12.8. The van der Waals surface area contributed by atoms with Crippen molar-refractivity contribution in [2.24, 2.45) is 11.8 Å². The fourth-order valence-corrected chi connectivity index (χ4v) is 4.86. The number of halogens is 2. The van der Waals surface area contributed by atoms with E-state index in [1.54, 1.807) is 24.3 Å². The number of amides is 1. The van der Waals surface area contributed by atoms with E-state index >= 15 is 0 Å². The molecular formula is C20H16Cl2N2O3S. The third kappa shape index (κ3) is 3.93. The Balaban J connectivity index is 1.96. The molecule has 0 bridgehead atoms. The number of carboxylic acid groups (broad SMARTS) is 1. The molecule has 2 N–H and O–H groups in total. The summed E-state index contributed by atoms with van der Waals surface area (Å²) in [5.41, 5.74) is 1.60. The molecule has 1 aliphatic carbocycles. The van der Waals surface area contributed by atoms with Crippen molar-refractivity contribution < 1.29 is 14.7 Å². The molecule has 2 unspecified atom stereocenters. The van der Waals surface area contributed by atoms with Gasteiger partial charge in [-0.25, -0.2) is 0 Å². The van der Waals surface area contributed by atoms with E-state index in [0.29, 0.717) is 44.6 Å². The molecule has 28 heavy (non-hydrogen) atoms. The maximum Gasteiger partial charge on any atom is 0.307 e. The number of carbonyl (C=O) groups is 2. The van der Waals surface area contributed by atoms with Crippen molar-refractivity contribution in [3.05, 3.63) is 50.8 Å².